The number of nitrogens with zero attached hydrogens (tertiary/aromatic N) is 5. The van der Waals surface area contributed by atoms with Gasteiger partial charge in [-0.3, -0.25) is 14.7 Å². The number of halogens is 1. The van der Waals surface area contributed by atoms with Crippen molar-refractivity contribution in [3.05, 3.63) is 52.8 Å². The third kappa shape index (κ3) is 5.31. The normalized spacial score (nSPS) is 10.6. The lowest BCUT2D eigenvalue weighted by Gasteiger charge is -2.10. The summed E-state index contributed by atoms with van der Waals surface area (Å²) in [4.78, 5) is 12.0. The third-order valence-corrected chi connectivity index (χ3v) is 5.54. The highest BCUT2D eigenvalue weighted by molar-refractivity contribution is 7.99. The fraction of sp³-hybridized carbons (Fsp3) is 0.235. The Morgan fingerprint density at radius 2 is 2.29 bits per heavy atom. The molecule has 28 heavy (non-hydrogen) atoms. The summed E-state index contributed by atoms with van der Waals surface area (Å²) < 4.78 is 7.67. The number of aromatic nitrogens is 5. The van der Waals surface area contributed by atoms with Gasteiger partial charge in [0.25, 0.3) is 0 Å². The maximum Gasteiger partial charge on any atom is 0.236 e. The van der Waals surface area contributed by atoms with Crippen LogP contribution < -0.4 is 10.1 Å². The monoisotopic (exact) mass is 436 g/mol. The molecule has 0 aliphatic carbocycles. The van der Waals surface area contributed by atoms with Gasteiger partial charge < -0.3 is 4.74 Å². The standard InChI is InChI=1S/C17H17ClN6O2S2/c1-3-6-24-14(8-26-12-4-5-13(18)11(2)7-12)21-23-17(24)27-9-15(25)20-16-22-19-10-28-16/h3-5,7,10H,1,6,8-9H2,2H3,(H,20,22,25). The van der Waals surface area contributed by atoms with Crippen molar-refractivity contribution in [3.63, 3.8) is 0 Å². The van der Waals surface area contributed by atoms with Crippen LogP contribution in [0.5, 0.6) is 5.75 Å². The van der Waals surface area contributed by atoms with Crippen molar-refractivity contribution < 1.29 is 9.53 Å². The average molecular weight is 437 g/mol. The molecule has 0 saturated carbocycles. The van der Waals surface area contributed by atoms with Crippen LogP contribution in [0.4, 0.5) is 5.13 Å². The van der Waals surface area contributed by atoms with Gasteiger partial charge in [0.2, 0.25) is 11.0 Å². The van der Waals surface area contributed by atoms with Gasteiger partial charge in [-0.05, 0) is 30.7 Å². The van der Waals surface area contributed by atoms with Crippen molar-refractivity contribution in [2.45, 2.75) is 25.2 Å². The van der Waals surface area contributed by atoms with Crippen molar-refractivity contribution in [1.29, 1.82) is 0 Å². The number of allylic oxidation sites excluding steroid dienone is 1. The minimum Gasteiger partial charge on any atom is -0.486 e. The molecular formula is C17H17ClN6O2S2. The van der Waals surface area contributed by atoms with E-state index in [1.807, 2.05) is 17.6 Å². The summed E-state index contributed by atoms with van der Waals surface area (Å²) in [6, 6.07) is 5.46. The van der Waals surface area contributed by atoms with E-state index in [1.54, 1.807) is 23.7 Å². The maximum absolute atomic E-state index is 12.0. The SMILES string of the molecule is C=CCn1c(COc2ccc(Cl)c(C)c2)nnc1SCC(=O)Nc1nncs1. The number of benzene rings is 1. The van der Waals surface area contributed by atoms with E-state index < -0.39 is 0 Å². The maximum atomic E-state index is 12.0. The predicted octanol–water partition coefficient (Wildman–Crippen LogP) is 3.59. The Labute approximate surface area is 175 Å². The first-order valence-electron chi connectivity index (χ1n) is 8.17. The lowest BCUT2D eigenvalue weighted by atomic mass is 10.2. The summed E-state index contributed by atoms with van der Waals surface area (Å²) in [6.07, 6.45) is 1.74. The molecule has 11 heteroatoms. The molecule has 0 fully saturated rings. The molecule has 0 aliphatic rings. The number of carbonyl (C=O) groups is 1. The lowest BCUT2D eigenvalue weighted by molar-refractivity contribution is -0.113. The number of hydrogen-bond donors (Lipinski definition) is 1. The van der Waals surface area contributed by atoms with Gasteiger partial charge in [-0.2, -0.15) is 0 Å². The molecule has 0 aliphatic heterocycles. The molecule has 3 aromatic rings. The smallest absolute Gasteiger partial charge is 0.236 e. The van der Waals surface area contributed by atoms with Crippen molar-refractivity contribution in [2.75, 3.05) is 11.1 Å². The van der Waals surface area contributed by atoms with E-state index in [9.17, 15) is 4.79 Å². The highest BCUT2D eigenvalue weighted by Gasteiger charge is 2.15. The minimum atomic E-state index is -0.190. The quantitative estimate of drug-likeness (QED) is 0.404. The fourth-order valence-corrected chi connectivity index (χ4v) is 3.56. The van der Waals surface area contributed by atoms with Crippen LogP contribution in [0.3, 0.4) is 0 Å². The van der Waals surface area contributed by atoms with Gasteiger partial charge in [-0.25, -0.2) is 0 Å². The second-order valence-electron chi connectivity index (χ2n) is 5.58. The van der Waals surface area contributed by atoms with Gasteiger partial charge in [0, 0.05) is 11.6 Å². The van der Waals surface area contributed by atoms with E-state index in [0.717, 1.165) is 5.56 Å². The number of carbonyl (C=O) groups excluding carboxylic acids is 1. The van der Waals surface area contributed by atoms with Gasteiger partial charge in [-0.1, -0.05) is 40.8 Å². The number of thioether (sulfide) groups is 1. The predicted molar refractivity (Wildman–Crippen MR) is 110 cm³/mol. The molecule has 146 valence electrons. The van der Waals surface area contributed by atoms with E-state index in [2.05, 4.69) is 32.3 Å². The largest absolute Gasteiger partial charge is 0.486 e. The van der Waals surface area contributed by atoms with Crippen molar-refractivity contribution in [3.8, 4) is 5.75 Å². The zero-order chi connectivity index (χ0) is 19.9. The van der Waals surface area contributed by atoms with Crippen molar-refractivity contribution >= 4 is 45.7 Å². The Hall–Kier alpha value is -2.43. The summed E-state index contributed by atoms with van der Waals surface area (Å²) in [7, 11) is 0. The van der Waals surface area contributed by atoms with Gasteiger partial charge >= 0.3 is 0 Å². The Kier molecular flexibility index (Phi) is 7.01. The first-order valence-corrected chi connectivity index (χ1v) is 10.4. The zero-order valence-electron chi connectivity index (χ0n) is 15.0. The van der Waals surface area contributed by atoms with Gasteiger partial charge in [0.1, 0.15) is 17.9 Å². The molecule has 1 aromatic carbocycles. The van der Waals surface area contributed by atoms with Crippen LogP contribution in [0, 0.1) is 6.92 Å². The summed E-state index contributed by atoms with van der Waals surface area (Å²) in [5.41, 5.74) is 2.49. The average Bonchev–Trinajstić information content (AvgIpc) is 3.31. The summed E-state index contributed by atoms with van der Waals surface area (Å²) in [5.74, 6) is 1.32. The van der Waals surface area contributed by atoms with Crippen molar-refractivity contribution in [2.24, 2.45) is 0 Å². The Bertz CT molecular complexity index is 961. The molecule has 0 bridgehead atoms. The molecule has 0 saturated heterocycles. The highest BCUT2D eigenvalue weighted by Crippen LogP contribution is 2.23. The molecule has 2 aromatic heterocycles. The lowest BCUT2D eigenvalue weighted by Crippen LogP contribution is -2.15. The Morgan fingerprint density at radius 1 is 1.43 bits per heavy atom. The van der Waals surface area contributed by atoms with Crippen LogP contribution in [0.1, 0.15) is 11.4 Å². The van der Waals surface area contributed by atoms with E-state index >= 15 is 0 Å². The highest BCUT2D eigenvalue weighted by atomic mass is 35.5. The number of hydrogen-bond acceptors (Lipinski definition) is 8. The van der Waals surface area contributed by atoms with E-state index in [1.165, 1.54) is 23.1 Å². The van der Waals surface area contributed by atoms with Crippen LogP contribution in [0.25, 0.3) is 0 Å². The number of rotatable bonds is 9. The van der Waals surface area contributed by atoms with Crippen LogP contribution >= 0.6 is 34.7 Å². The number of amides is 1. The van der Waals surface area contributed by atoms with Crippen molar-refractivity contribution in [1.82, 2.24) is 25.0 Å². The molecule has 3 rings (SSSR count). The summed E-state index contributed by atoms with van der Waals surface area (Å²) in [6.45, 7) is 6.42. The van der Waals surface area contributed by atoms with Crippen LogP contribution in [-0.4, -0.2) is 36.6 Å². The van der Waals surface area contributed by atoms with Crippen LogP contribution in [0.2, 0.25) is 5.02 Å². The molecule has 0 radical (unpaired) electrons. The number of anilines is 1. The molecule has 8 nitrogen and oxygen atoms in total. The topological polar surface area (TPSA) is 94.8 Å². The Balaban J connectivity index is 1.62. The molecule has 2 heterocycles. The molecule has 0 unspecified atom stereocenters. The van der Waals surface area contributed by atoms with Gasteiger partial charge in [-0.15, -0.1) is 27.0 Å². The number of nitrogens with one attached hydrogen (secondary N) is 1. The molecule has 0 spiro atoms. The molecular weight excluding hydrogens is 420 g/mol. The Morgan fingerprint density at radius 3 is 3.00 bits per heavy atom. The third-order valence-electron chi connectivity index (χ3n) is 3.54. The van der Waals surface area contributed by atoms with Crippen LogP contribution in [0.15, 0.2) is 41.5 Å². The van der Waals surface area contributed by atoms with E-state index in [-0.39, 0.29) is 18.3 Å². The first-order chi connectivity index (χ1) is 13.6. The molecule has 1 N–H and O–H groups in total. The van der Waals surface area contributed by atoms with E-state index in [4.69, 9.17) is 16.3 Å². The van der Waals surface area contributed by atoms with Gasteiger partial charge in [0.05, 0.1) is 5.75 Å². The zero-order valence-corrected chi connectivity index (χ0v) is 17.4. The first kappa shape index (κ1) is 20.3. The number of aryl methyl sites for hydroxylation is 1. The second kappa shape index (κ2) is 9.67. The summed E-state index contributed by atoms with van der Waals surface area (Å²) >= 11 is 8.57. The fourth-order valence-electron chi connectivity index (χ4n) is 2.21. The minimum absolute atomic E-state index is 0.173. The molecule has 0 atom stereocenters. The number of ether oxygens (including phenoxy) is 1. The van der Waals surface area contributed by atoms with E-state index in [0.29, 0.717) is 33.4 Å². The second-order valence-corrected chi connectivity index (χ2v) is 7.76. The van der Waals surface area contributed by atoms with Gasteiger partial charge in [0.15, 0.2) is 11.0 Å². The molecule has 1 amide bonds. The summed E-state index contributed by atoms with van der Waals surface area (Å²) in [5, 5.41) is 20.3. The van der Waals surface area contributed by atoms with Crippen LogP contribution in [-0.2, 0) is 17.9 Å².